The summed E-state index contributed by atoms with van der Waals surface area (Å²) >= 11 is 1.95. The minimum Gasteiger partial charge on any atom is -0.460 e. The lowest BCUT2D eigenvalue weighted by Crippen LogP contribution is -2.64. The molecule has 3 aliphatic rings. The molecular weight excluding hydrogens is 783 g/mol. The lowest BCUT2D eigenvalue weighted by atomic mass is 9.56. The van der Waals surface area contributed by atoms with E-state index in [9.17, 15) is 15.0 Å². The number of aliphatic hydroxyl groups excluding tert-OH is 2. The van der Waals surface area contributed by atoms with Gasteiger partial charge in [-0.25, -0.2) is 0 Å². The Balaban J connectivity index is 1.41. The molecule has 6 unspecified atom stereocenters. The highest BCUT2D eigenvalue weighted by Gasteiger charge is 2.64. The average molecular weight is 860 g/mol. The van der Waals surface area contributed by atoms with Gasteiger partial charge in [0, 0.05) is 36.7 Å². The number of unbranched alkanes of at least 4 members (excludes halogenated alkanes) is 15. The van der Waals surface area contributed by atoms with Gasteiger partial charge in [0.15, 0.2) is 0 Å². The number of nitrogens with zero attached hydrogens (tertiary/aromatic N) is 1. The number of aliphatic hydroxyl groups is 2. The van der Waals surface area contributed by atoms with Gasteiger partial charge in [-0.3, -0.25) is 4.79 Å². The molecule has 0 saturated heterocycles. The third-order valence-electron chi connectivity index (χ3n) is 13.0. The first-order valence-electron chi connectivity index (χ1n) is 24.1. The second-order valence-electron chi connectivity index (χ2n) is 17.4. The summed E-state index contributed by atoms with van der Waals surface area (Å²) in [6, 6.07) is 13.3. The highest BCUT2D eigenvalue weighted by atomic mass is 32.2. The topological polar surface area (TPSA) is 107 Å². The van der Waals surface area contributed by atoms with E-state index >= 15 is 0 Å². The molecular formula is C52H77NO7S. The second kappa shape index (κ2) is 27.2. The fraction of sp³-hybridized carbons (Fsp3) is 0.654. The van der Waals surface area contributed by atoms with Crippen LogP contribution in [0, 0.1) is 17.8 Å². The van der Waals surface area contributed by atoms with Gasteiger partial charge in [-0.05, 0) is 92.5 Å². The Morgan fingerprint density at radius 1 is 0.836 bits per heavy atom. The van der Waals surface area contributed by atoms with E-state index in [1.54, 1.807) is 12.1 Å². The van der Waals surface area contributed by atoms with Gasteiger partial charge in [-0.1, -0.05) is 133 Å². The standard InChI is InChI=1S/C52H77NO7S/c1-4-7-8-9-10-11-12-13-14-15-16-17-18-23-34-61-49-38-47(53-58-6-3)45-36-41(26-19-21-31-54)44(28-20-22-32-55)50-46-37-43(59-42-27-24-25-40(35-42)39-56)29-30-48(46)60-52(49,51(45)50)57-33-5-2/h5,24-25,27,29-30,35-37,39,41,44,49-51,54-55H,2,4,6-23,26,28,31-34,38H2,1,3H3. The molecule has 0 amide bonds. The second-order valence-corrected chi connectivity index (χ2v) is 18.7. The van der Waals surface area contributed by atoms with Crippen LogP contribution in [0.3, 0.4) is 0 Å². The maximum atomic E-state index is 11.6. The molecule has 0 radical (unpaired) electrons. The maximum Gasteiger partial charge on any atom is 0.230 e. The molecule has 2 aliphatic carbocycles. The van der Waals surface area contributed by atoms with Crippen molar-refractivity contribution in [2.24, 2.45) is 22.9 Å². The monoisotopic (exact) mass is 860 g/mol. The van der Waals surface area contributed by atoms with E-state index in [4.69, 9.17) is 24.2 Å². The highest BCUT2D eigenvalue weighted by molar-refractivity contribution is 8.00. The van der Waals surface area contributed by atoms with Crippen molar-refractivity contribution in [3.05, 3.63) is 77.9 Å². The molecule has 61 heavy (non-hydrogen) atoms. The van der Waals surface area contributed by atoms with Gasteiger partial charge in [0.1, 0.15) is 30.1 Å². The largest absolute Gasteiger partial charge is 0.460 e. The number of ether oxygens (including phenoxy) is 3. The summed E-state index contributed by atoms with van der Waals surface area (Å²) in [5.41, 5.74) is 3.74. The molecule has 1 aliphatic heterocycles. The third-order valence-corrected chi connectivity index (χ3v) is 14.4. The van der Waals surface area contributed by atoms with E-state index in [1.807, 2.05) is 49.0 Å². The SMILES string of the molecule is C=CCOC12Oc3ccc(Oc4cccc(C=O)c4)cc3C3C(CCCCO)C(CCCCO)C=C(C(=NOCC)CC1SCCCCCCCCCCCCCCCC)C32. The Morgan fingerprint density at radius 2 is 1.51 bits per heavy atom. The fourth-order valence-electron chi connectivity index (χ4n) is 9.99. The van der Waals surface area contributed by atoms with E-state index in [1.165, 1.54) is 83.5 Å². The van der Waals surface area contributed by atoms with E-state index in [2.05, 4.69) is 25.6 Å². The molecule has 1 saturated carbocycles. The Kier molecular flexibility index (Phi) is 21.8. The molecule has 1 fully saturated rings. The van der Waals surface area contributed by atoms with Crippen LogP contribution in [-0.4, -0.2) is 65.4 Å². The minimum absolute atomic E-state index is 0.00692. The maximum absolute atomic E-state index is 11.6. The summed E-state index contributed by atoms with van der Waals surface area (Å²) in [5.74, 6) is 2.34. The first-order chi connectivity index (χ1) is 30.0. The van der Waals surface area contributed by atoms with Crippen LogP contribution in [-0.2, 0) is 9.57 Å². The molecule has 8 nitrogen and oxygen atoms in total. The average Bonchev–Trinajstić information content (AvgIpc) is 3.28. The van der Waals surface area contributed by atoms with Crippen LogP contribution in [0.5, 0.6) is 17.2 Å². The Hall–Kier alpha value is -3.11. The fourth-order valence-corrected chi connectivity index (χ4v) is 11.4. The third kappa shape index (κ3) is 13.9. The number of thioether (sulfide) groups is 1. The summed E-state index contributed by atoms with van der Waals surface area (Å²) in [7, 11) is 0. The predicted octanol–water partition coefficient (Wildman–Crippen LogP) is 13.2. The van der Waals surface area contributed by atoms with Gasteiger partial charge in [-0.15, -0.1) is 6.58 Å². The molecule has 338 valence electrons. The number of rotatable bonds is 32. The Labute approximate surface area is 372 Å². The molecule has 5 rings (SSSR count). The van der Waals surface area contributed by atoms with Crippen LogP contribution in [0.4, 0.5) is 0 Å². The van der Waals surface area contributed by atoms with Crippen LogP contribution in [0.2, 0.25) is 0 Å². The molecule has 0 spiro atoms. The molecule has 2 N–H and O–H groups in total. The first-order valence-corrected chi connectivity index (χ1v) is 25.1. The molecule has 0 aromatic heterocycles. The molecule has 1 heterocycles. The van der Waals surface area contributed by atoms with Crippen molar-refractivity contribution < 1.29 is 34.1 Å². The van der Waals surface area contributed by atoms with Gasteiger partial charge in [0.2, 0.25) is 5.79 Å². The molecule has 6 atom stereocenters. The van der Waals surface area contributed by atoms with Gasteiger partial charge in [0.05, 0.1) is 23.5 Å². The van der Waals surface area contributed by atoms with E-state index < -0.39 is 5.79 Å². The van der Waals surface area contributed by atoms with Gasteiger partial charge in [0.25, 0.3) is 0 Å². The van der Waals surface area contributed by atoms with E-state index in [0.29, 0.717) is 36.7 Å². The molecule has 2 aromatic carbocycles. The van der Waals surface area contributed by atoms with Crippen molar-refractivity contribution in [2.75, 3.05) is 32.2 Å². The van der Waals surface area contributed by atoms with Gasteiger partial charge in [-0.2, -0.15) is 11.8 Å². The van der Waals surface area contributed by atoms with Crippen molar-refractivity contribution in [2.45, 2.75) is 166 Å². The van der Waals surface area contributed by atoms with Crippen molar-refractivity contribution in [3.63, 3.8) is 0 Å². The summed E-state index contributed by atoms with van der Waals surface area (Å²) < 4.78 is 20.9. The number of hydrogen-bond acceptors (Lipinski definition) is 9. The zero-order chi connectivity index (χ0) is 43.1. The van der Waals surface area contributed by atoms with Crippen molar-refractivity contribution in [3.8, 4) is 17.2 Å². The van der Waals surface area contributed by atoms with Crippen LogP contribution < -0.4 is 9.47 Å². The van der Waals surface area contributed by atoms with Crippen molar-refractivity contribution in [1.82, 2.24) is 0 Å². The first kappa shape index (κ1) is 48.9. The molecule has 9 heteroatoms. The smallest absolute Gasteiger partial charge is 0.230 e. The Morgan fingerprint density at radius 3 is 2.16 bits per heavy atom. The predicted molar refractivity (Wildman–Crippen MR) is 251 cm³/mol. The van der Waals surface area contributed by atoms with Crippen molar-refractivity contribution in [1.29, 1.82) is 0 Å². The summed E-state index contributed by atoms with van der Waals surface area (Å²) in [5, 5.41) is 24.6. The van der Waals surface area contributed by atoms with Gasteiger partial charge >= 0.3 is 0 Å². The quantitative estimate of drug-likeness (QED) is 0.0324. The lowest BCUT2D eigenvalue weighted by molar-refractivity contribution is -0.223. The van der Waals surface area contributed by atoms with Gasteiger partial charge < -0.3 is 29.3 Å². The van der Waals surface area contributed by atoms with E-state index in [-0.39, 0.29) is 42.1 Å². The summed E-state index contributed by atoms with van der Waals surface area (Å²) in [4.78, 5) is 17.5. The number of benzene rings is 2. The lowest BCUT2D eigenvalue weighted by Gasteiger charge is -2.58. The zero-order valence-electron chi connectivity index (χ0n) is 37.5. The highest BCUT2D eigenvalue weighted by Crippen LogP contribution is 2.62. The summed E-state index contributed by atoms with van der Waals surface area (Å²) in [6.07, 6.45) is 29.6. The molecule has 2 aromatic rings. The number of carbonyl (C=O) groups excluding carboxylic acids is 1. The molecule has 0 bridgehead atoms. The normalized spacial score (nSPS) is 23.4. The van der Waals surface area contributed by atoms with Crippen LogP contribution in [0.1, 0.15) is 171 Å². The van der Waals surface area contributed by atoms with Crippen LogP contribution >= 0.6 is 11.8 Å². The van der Waals surface area contributed by atoms with E-state index in [0.717, 1.165) is 79.6 Å². The Bertz CT molecular complexity index is 1660. The van der Waals surface area contributed by atoms with Crippen molar-refractivity contribution >= 4 is 23.8 Å². The minimum atomic E-state index is -0.977. The number of fused-ring (bicyclic) bond motifs is 2. The zero-order valence-corrected chi connectivity index (χ0v) is 38.4. The number of oxime groups is 1. The summed E-state index contributed by atoms with van der Waals surface area (Å²) in [6.45, 7) is 9.49. The van der Waals surface area contributed by atoms with Crippen LogP contribution in [0.25, 0.3) is 0 Å². The van der Waals surface area contributed by atoms with Crippen LogP contribution in [0.15, 0.2) is 71.9 Å². The number of carbonyl (C=O) groups is 1. The number of hydrogen-bond donors (Lipinski definition) is 2. The number of aldehydes is 1. The number of allylic oxidation sites excluding steroid dienone is 1.